The Morgan fingerprint density at radius 2 is 1.76 bits per heavy atom. The van der Waals surface area contributed by atoms with E-state index in [0.29, 0.717) is 57.7 Å². The smallest absolute Gasteiger partial charge is 0.368 e. The first-order valence-corrected chi connectivity index (χ1v) is 12.7. The van der Waals surface area contributed by atoms with Gasteiger partial charge < -0.3 is 9.80 Å². The Hall–Kier alpha value is -3.62. The Labute approximate surface area is 213 Å². The van der Waals surface area contributed by atoms with E-state index in [2.05, 4.69) is 11.1 Å². The van der Waals surface area contributed by atoms with Gasteiger partial charge in [-0.3, -0.25) is 14.2 Å². The lowest BCUT2D eigenvalue weighted by Crippen LogP contribution is -2.48. The summed E-state index contributed by atoms with van der Waals surface area (Å²) in [5, 5.41) is 0. The molecule has 1 aromatic heterocycles. The van der Waals surface area contributed by atoms with Crippen molar-refractivity contribution in [2.75, 3.05) is 31.1 Å². The van der Waals surface area contributed by atoms with Crippen LogP contribution in [0.25, 0.3) is 11.3 Å². The number of carbonyl (C=O) groups is 1. The van der Waals surface area contributed by atoms with E-state index in [4.69, 9.17) is 0 Å². The van der Waals surface area contributed by atoms with E-state index >= 15 is 0 Å². The predicted octanol–water partition coefficient (Wildman–Crippen LogP) is 4.55. The second-order valence-corrected chi connectivity index (χ2v) is 9.60. The number of carbonyl (C=O) groups excluding carboxylic acids is 1. The number of aryl methyl sites for hydroxylation is 2. The number of fused-ring (bicyclic) bond motifs is 3. The fourth-order valence-corrected chi connectivity index (χ4v) is 5.23. The van der Waals surface area contributed by atoms with Gasteiger partial charge in [0.25, 0.3) is 5.56 Å². The van der Waals surface area contributed by atoms with Gasteiger partial charge in [-0.2, -0.15) is 13.2 Å². The number of benzene rings is 2. The topological polar surface area (TPSA) is 58.4 Å². The molecule has 2 aromatic carbocycles. The highest BCUT2D eigenvalue weighted by atomic mass is 19.4. The standard InChI is InChI=1S/C28H29F3N4O2/c29-28(30,31)21-8-4-9-22(18-21)33-14-16-34(17-15-33)25(36)12-5-13-35-19-32-26-23-10-2-1-6-20(23)7-3-11-24(26)27(35)37/h1-2,4,6,8-10,18-19H,3,5,7,11-17H2. The molecule has 0 bridgehead atoms. The third-order valence-electron chi connectivity index (χ3n) is 7.24. The van der Waals surface area contributed by atoms with E-state index in [1.54, 1.807) is 21.9 Å². The molecular weight excluding hydrogens is 481 g/mol. The highest BCUT2D eigenvalue weighted by Crippen LogP contribution is 2.32. The summed E-state index contributed by atoms with van der Waals surface area (Å²) in [6.07, 6.45) is 0.525. The molecular formula is C28H29F3N4O2. The van der Waals surface area contributed by atoms with Gasteiger partial charge in [-0.05, 0) is 49.4 Å². The number of nitrogens with zero attached hydrogens (tertiary/aromatic N) is 4. The molecule has 3 aromatic rings. The van der Waals surface area contributed by atoms with Crippen molar-refractivity contribution in [3.8, 4) is 11.3 Å². The Bertz CT molecular complexity index is 1340. The van der Waals surface area contributed by atoms with Crippen LogP contribution in [0.3, 0.4) is 0 Å². The third kappa shape index (κ3) is 5.40. The van der Waals surface area contributed by atoms with Gasteiger partial charge in [0, 0.05) is 56.0 Å². The summed E-state index contributed by atoms with van der Waals surface area (Å²) < 4.78 is 40.7. The molecule has 5 rings (SSSR count). The maximum Gasteiger partial charge on any atom is 0.416 e. The molecule has 194 valence electrons. The molecule has 1 fully saturated rings. The molecule has 0 unspecified atom stereocenters. The van der Waals surface area contributed by atoms with Gasteiger partial charge in [-0.25, -0.2) is 4.98 Å². The minimum absolute atomic E-state index is 0.00612. The van der Waals surface area contributed by atoms with Crippen LogP contribution in [-0.4, -0.2) is 46.5 Å². The lowest BCUT2D eigenvalue weighted by atomic mass is 10.0. The average Bonchev–Trinajstić information content (AvgIpc) is 3.09. The second kappa shape index (κ2) is 10.4. The first kappa shape index (κ1) is 25.0. The predicted molar refractivity (Wildman–Crippen MR) is 135 cm³/mol. The van der Waals surface area contributed by atoms with Crippen LogP contribution in [0.4, 0.5) is 18.9 Å². The normalized spacial score (nSPS) is 15.6. The molecule has 0 N–H and O–H groups in total. The monoisotopic (exact) mass is 510 g/mol. The van der Waals surface area contributed by atoms with Crippen molar-refractivity contribution in [3.63, 3.8) is 0 Å². The first-order chi connectivity index (χ1) is 17.8. The summed E-state index contributed by atoms with van der Waals surface area (Å²) in [6.45, 7) is 2.27. The number of hydrogen-bond acceptors (Lipinski definition) is 4. The first-order valence-electron chi connectivity index (χ1n) is 12.7. The molecule has 0 radical (unpaired) electrons. The molecule has 2 heterocycles. The number of anilines is 1. The summed E-state index contributed by atoms with van der Waals surface area (Å²) >= 11 is 0. The van der Waals surface area contributed by atoms with Crippen LogP contribution in [0.2, 0.25) is 0 Å². The zero-order chi connectivity index (χ0) is 26.0. The molecule has 1 aliphatic heterocycles. The minimum Gasteiger partial charge on any atom is -0.368 e. The summed E-state index contributed by atoms with van der Waals surface area (Å²) in [4.78, 5) is 34.2. The van der Waals surface area contributed by atoms with Crippen molar-refractivity contribution in [3.05, 3.63) is 81.9 Å². The van der Waals surface area contributed by atoms with Crippen LogP contribution in [0.1, 0.15) is 36.0 Å². The van der Waals surface area contributed by atoms with Crippen LogP contribution < -0.4 is 10.5 Å². The minimum atomic E-state index is -4.38. The fraction of sp³-hybridized carbons (Fsp3) is 0.393. The zero-order valence-electron chi connectivity index (χ0n) is 20.5. The van der Waals surface area contributed by atoms with Gasteiger partial charge in [0.2, 0.25) is 5.91 Å². The fourth-order valence-electron chi connectivity index (χ4n) is 5.23. The van der Waals surface area contributed by atoms with Gasteiger partial charge in [-0.1, -0.05) is 30.3 Å². The summed E-state index contributed by atoms with van der Waals surface area (Å²) in [6, 6.07) is 13.4. The Morgan fingerprint density at radius 3 is 2.54 bits per heavy atom. The van der Waals surface area contributed by atoms with E-state index in [-0.39, 0.29) is 11.5 Å². The van der Waals surface area contributed by atoms with E-state index < -0.39 is 11.7 Å². The van der Waals surface area contributed by atoms with Gasteiger partial charge in [0.1, 0.15) is 0 Å². The Morgan fingerprint density at radius 1 is 0.973 bits per heavy atom. The zero-order valence-corrected chi connectivity index (χ0v) is 20.5. The second-order valence-electron chi connectivity index (χ2n) is 9.60. The van der Waals surface area contributed by atoms with Crippen molar-refractivity contribution < 1.29 is 18.0 Å². The van der Waals surface area contributed by atoms with Crippen LogP contribution >= 0.6 is 0 Å². The van der Waals surface area contributed by atoms with Crippen LogP contribution in [0.15, 0.2) is 59.7 Å². The van der Waals surface area contributed by atoms with E-state index in [9.17, 15) is 22.8 Å². The van der Waals surface area contributed by atoms with Crippen LogP contribution in [0, 0.1) is 0 Å². The van der Waals surface area contributed by atoms with Gasteiger partial charge in [0.15, 0.2) is 0 Å². The third-order valence-corrected chi connectivity index (χ3v) is 7.24. The Balaban J connectivity index is 1.16. The quantitative estimate of drug-likeness (QED) is 0.506. The molecule has 37 heavy (non-hydrogen) atoms. The average molecular weight is 511 g/mol. The van der Waals surface area contributed by atoms with E-state index in [0.717, 1.165) is 41.8 Å². The summed E-state index contributed by atoms with van der Waals surface area (Å²) in [5.74, 6) is -0.00612. The molecule has 0 atom stereocenters. The van der Waals surface area contributed by atoms with Crippen LogP contribution in [-0.2, 0) is 30.4 Å². The maximum absolute atomic E-state index is 13.2. The van der Waals surface area contributed by atoms with Crippen molar-refractivity contribution in [2.45, 2.75) is 44.8 Å². The lowest BCUT2D eigenvalue weighted by Gasteiger charge is -2.36. The number of hydrogen-bond donors (Lipinski definition) is 0. The molecule has 0 spiro atoms. The summed E-state index contributed by atoms with van der Waals surface area (Å²) in [5.41, 5.74) is 3.55. The SMILES string of the molecule is O=C(CCCn1cnc2c(c1=O)CCCc1ccccc1-2)N1CCN(c2cccc(C(F)(F)F)c2)CC1. The number of piperazine rings is 1. The largest absolute Gasteiger partial charge is 0.416 e. The van der Waals surface area contributed by atoms with Crippen molar-refractivity contribution in [2.24, 2.45) is 0 Å². The number of alkyl halides is 3. The maximum atomic E-state index is 13.2. The molecule has 0 saturated carbocycles. The van der Waals surface area contributed by atoms with E-state index in [1.807, 2.05) is 23.1 Å². The number of amides is 1. The Kier molecular flexibility index (Phi) is 7.04. The number of aromatic nitrogens is 2. The molecule has 1 amide bonds. The molecule has 1 aliphatic carbocycles. The highest BCUT2D eigenvalue weighted by Gasteiger charge is 2.31. The summed E-state index contributed by atoms with van der Waals surface area (Å²) in [7, 11) is 0. The highest BCUT2D eigenvalue weighted by molar-refractivity contribution is 5.76. The van der Waals surface area contributed by atoms with Crippen LogP contribution in [0.5, 0.6) is 0 Å². The number of rotatable bonds is 5. The van der Waals surface area contributed by atoms with E-state index in [1.165, 1.54) is 11.6 Å². The molecule has 1 saturated heterocycles. The molecule has 6 nitrogen and oxygen atoms in total. The van der Waals surface area contributed by atoms with Crippen molar-refractivity contribution >= 4 is 11.6 Å². The van der Waals surface area contributed by atoms with Gasteiger partial charge in [0.05, 0.1) is 17.6 Å². The molecule has 9 heteroatoms. The van der Waals surface area contributed by atoms with Crippen molar-refractivity contribution in [1.82, 2.24) is 14.5 Å². The van der Waals surface area contributed by atoms with Gasteiger partial charge >= 0.3 is 6.18 Å². The van der Waals surface area contributed by atoms with Gasteiger partial charge in [-0.15, -0.1) is 0 Å². The number of halogens is 3. The lowest BCUT2D eigenvalue weighted by molar-refractivity contribution is -0.137. The molecule has 2 aliphatic rings. The van der Waals surface area contributed by atoms with Crippen molar-refractivity contribution in [1.29, 1.82) is 0 Å².